The first-order chi connectivity index (χ1) is 12.0. The molecule has 3 aromatic rings. The van der Waals surface area contributed by atoms with E-state index < -0.39 is 18.0 Å². The molecule has 3 rings (SSSR count). The third-order valence-corrected chi connectivity index (χ3v) is 5.09. The van der Waals surface area contributed by atoms with Crippen molar-refractivity contribution in [2.45, 2.75) is 26.4 Å². The minimum Gasteiger partial charge on any atom is -0.452 e. The predicted octanol–water partition coefficient (Wildman–Crippen LogP) is 3.28. The van der Waals surface area contributed by atoms with Gasteiger partial charge < -0.3 is 9.26 Å². The average Bonchev–Trinajstić information content (AvgIpc) is 3.28. The fraction of sp³-hybridized carbons (Fsp3) is 0.250. The van der Waals surface area contributed by atoms with Gasteiger partial charge in [-0.1, -0.05) is 11.2 Å². The highest BCUT2D eigenvalue weighted by molar-refractivity contribution is 7.20. The monoisotopic (exact) mass is 377 g/mol. The highest BCUT2D eigenvalue weighted by Crippen LogP contribution is 2.27. The minimum atomic E-state index is -0.951. The molecule has 0 spiro atoms. The third kappa shape index (κ3) is 4.52. The van der Waals surface area contributed by atoms with Crippen LogP contribution in [-0.4, -0.2) is 28.1 Å². The quantitative estimate of drug-likeness (QED) is 0.663. The molecule has 1 N–H and O–H groups in total. The number of aryl methyl sites for hydroxylation is 1. The number of hydrogen-bond acceptors (Lipinski definition) is 8. The topological polar surface area (TPSA) is 94.3 Å². The van der Waals surface area contributed by atoms with Crippen LogP contribution in [0.4, 0.5) is 5.88 Å². The molecule has 9 heteroatoms. The van der Waals surface area contributed by atoms with Crippen LogP contribution in [0.15, 0.2) is 33.5 Å². The molecule has 3 heterocycles. The Balaban J connectivity index is 1.52. The van der Waals surface area contributed by atoms with E-state index in [1.54, 1.807) is 24.3 Å². The molecule has 3 aromatic heterocycles. The molecule has 130 valence electrons. The fourth-order valence-electron chi connectivity index (χ4n) is 1.99. The molecule has 0 aromatic carbocycles. The van der Waals surface area contributed by atoms with Gasteiger partial charge in [0.1, 0.15) is 5.01 Å². The molecule has 0 unspecified atom stereocenters. The van der Waals surface area contributed by atoms with E-state index >= 15 is 0 Å². The third-order valence-electron chi connectivity index (χ3n) is 3.16. The van der Waals surface area contributed by atoms with Crippen LogP contribution in [0.3, 0.4) is 0 Å². The van der Waals surface area contributed by atoms with Crippen molar-refractivity contribution < 1.29 is 18.8 Å². The van der Waals surface area contributed by atoms with Gasteiger partial charge >= 0.3 is 5.97 Å². The number of thiazole rings is 1. The maximum Gasteiger partial charge on any atom is 0.312 e. The summed E-state index contributed by atoms with van der Waals surface area (Å²) in [5.41, 5.74) is 1.27. The van der Waals surface area contributed by atoms with E-state index in [-0.39, 0.29) is 12.3 Å². The van der Waals surface area contributed by atoms with Crippen LogP contribution < -0.4 is 5.32 Å². The number of nitrogens with one attached hydrogen (secondary N) is 1. The smallest absolute Gasteiger partial charge is 0.312 e. The van der Waals surface area contributed by atoms with Gasteiger partial charge in [-0.15, -0.1) is 22.7 Å². The van der Waals surface area contributed by atoms with E-state index in [9.17, 15) is 9.59 Å². The first kappa shape index (κ1) is 17.3. The van der Waals surface area contributed by atoms with Gasteiger partial charge in [-0.3, -0.25) is 14.9 Å². The SMILES string of the molecule is Cc1cc(NC(=O)[C@H](C)OC(=O)Cc2csc(-c3cccs3)n2)on1. The van der Waals surface area contributed by atoms with Crippen LogP contribution >= 0.6 is 22.7 Å². The van der Waals surface area contributed by atoms with Crippen LogP contribution in [0.2, 0.25) is 0 Å². The molecule has 0 saturated carbocycles. The van der Waals surface area contributed by atoms with Gasteiger partial charge in [0.2, 0.25) is 5.88 Å². The second-order valence-corrected chi connectivity index (χ2v) is 7.06. The summed E-state index contributed by atoms with van der Waals surface area (Å²) in [6, 6.07) is 5.50. The van der Waals surface area contributed by atoms with E-state index in [1.165, 1.54) is 18.3 Å². The lowest BCUT2D eigenvalue weighted by Gasteiger charge is -2.11. The lowest BCUT2D eigenvalue weighted by atomic mass is 10.3. The summed E-state index contributed by atoms with van der Waals surface area (Å²) in [5, 5.41) is 10.8. The lowest BCUT2D eigenvalue weighted by molar-refractivity contribution is -0.152. The average molecular weight is 377 g/mol. The number of aromatic nitrogens is 2. The van der Waals surface area contributed by atoms with Crippen LogP contribution in [0.1, 0.15) is 18.3 Å². The molecule has 25 heavy (non-hydrogen) atoms. The summed E-state index contributed by atoms with van der Waals surface area (Å²) in [7, 11) is 0. The number of hydrogen-bond donors (Lipinski definition) is 1. The van der Waals surface area contributed by atoms with Crippen LogP contribution in [0.25, 0.3) is 9.88 Å². The Hall–Kier alpha value is -2.52. The zero-order valence-electron chi connectivity index (χ0n) is 13.5. The summed E-state index contributed by atoms with van der Waals surface area (Å²) in [4.78, 5) is 29.5. The second-order valence-electron chi connectivity index (χ2n) is 5.25. The summed E-state index contributed by atoms with van der Waals surface area (Å²) in [5.74, 6) is -0.785. The number of thiophene rings is 1. The highest BCUT2D eigenvalue weighted by atomic mass is 32.1. The molecule has 0 fully saturated rings. The zero-order chi connectivity index (χ0) is 17.8. The molecule has 0 aliphatic heterocycles. The van der Waals surface area contributed by atoms with E-state index in [1.807, 2.05) is 22.9 Å². The highest BCUT2D eigenvalue weighted by Gasteiger charge is 2.20. The number of amides is 1. The Labute approximate surface area is 151 Å². The Morgan fingerprint density at radius 1 is 1.40 bits per heavy atom. The standard InChI is InChI=1S/C16H15N3O4S2/c1-9-6-13(23-19-9)18-15(21)10(2)22-14(20)7-11-8-25-16(17-11)12-4-3-5-24-12/h3-6,8,10H,7H2,1-2H3,(H,18,21)/t10-/m0/s1. The van der Waals surface area contributed by atoms with E-state index in [0.29, 0.717) is 11.4 Å². The van der Waals surface area contributed by atoms with Crippen LogP contribution in [0.5, 0.6) is 0 Å². The predicted molar refractivity (Wildman–Crippen MR) is 94.6 cm³/mol. The molecule has 0 radical (unpaired) electrons. The number of rotatable bonds is 6. The molecule has 0 bridgehead atoms. The molecule has 1 atom stereocenters. The number of ether oxygens (including phenoxy) is 1. The molecule has 1 amide bonds. The minimum absolute atomic E-state index is 0.0148. The second kappa shape index (κ2) is 7.58. The lowest BCUT2D eigenvalue weighted by Crippen LogP contribution is -2.30. The molecular weight excluding hydrogens is 362 g/mol. The van der Waals surface area contributed by atoms with Crippen molar-refractivity contribution in [2.75, 3.05) is 5.32 Å². The van der Waals surface area contributed by atoms with Crippen LogP contribution in [-0.2, 0) is 20.7 Å². The Morgan fingerprint density at radius 2 is 2.24 bits per heavy atom. The maximum absolute atomic E-state index is 12.0. The van der Waals surface area contributed by atoms with Gasteiger partial charge in [0, 0.05) is 11.4 Å². The van der Waals surface area contributed by atoms with Crippen molar-refractivity contribution in [3.05, 3.63) is 40.3 Å². The summed E-state index contributed by atoms with van der Waals surface area (Å²) in [6.45, 7) is 3.23. The van der Waals surface area contributed by atoms with Gasteiger partial charge in [0.25, 0.3) is 5.91 Å². The van der Waals surface area contributed by atoms with Crippen molar-refractivity contribution in [1.82, 2.24) is 10.1 Å². The van der Waals surface area contributed by atoms with Crippen molar-refractivity contribution in [1.29, 1.82) is 0 Å². The zero-order valence-corrected chi connectivity index (χ0v) is 15.1. The number of carbonyl (C=O) groups excluding carboxylic acids is 2. The first-order valence-corrected chi connectivity index (χ1v) is 9.19. The number of carbonyl (C=O) groups is 2. The van der Waals surface area contributed by atoms with E-state index in [2.05, 4.69) is 15.5 Å². The summed E-state index contributed by atoms with van der Waals surface area (Å²) < 4.78 is 10.0. The maximum atomic E-state index is 12.0. The van der Waals surface area contributed by atoms with Crippen LogP contribution in [0, 0.1) is 6.92 Å². The van der Waals surface area contributed by atoms with Gasteiger partial charge in [-0.25, -0.2) is 4.98 Å². The van der Waals surface area contributed by atoms with Gasteiger partial charge in [0.05, 0.1) is 22.7 Å². The van der Waals surface area contributed by atoms with Crippen molar-refractivity contribution in [3.8, 4) is 9.88 Å². The molecule has 0 saturated heterocycles. The molecule has 0 aliphatic rings. The molecule has 7 nitrogen and oxygen atoms in total. The molecular formula is C16H15N3O4S2. The first-order valence-electron chi connectivity index (χ1n) is 7.43. The van der Waals surface area contributed by atoms with E-state index in [4.69, 9.17) is 9.26 Å². The van der Waals surface area contributed by atoms with Gasteiger partial charge in [-0.2, -0.15) is 0 Å². The van der Waals surface area contributed by atoms with E-state index in [0.717, 1.165) is 9.88 Å². The normalized spacial score (nSPS) is 11.9. The van der Waals surface area contributed by atoms with Gasteiger partial charge in [0.15, 0.2) is 6.10 Å². The Bertz CT molecular complexity index is 870. The Morgan fingerprint density at radius 3 is 2.92 bits per heavy atom. The molecule has 0 aliphatic carbocycles. The summed E-state index contributed by atoms with van der Waals surface area (Å²) >= 11 is 3.06. The number of esters is 1. The fourth-order valence-corrected chi connectivity index (χ4v) is 3.62. The number of nitrogens with zero attached hydrogens (tertiary/aromatic N) is 2. The summed E-state index contributed by atoms with van der Waals surface area (Å²) in [6.07, 6.45) is -0.936. The van der Waals surface area contributed by atoms with Gasteiger partial charge in [-0.05, 0) is 25.3 Å². The largest absolute Gasteiger partial charge is 0.452 e. The van der Waals surface area contributed by atoms with Crippen molar-refractivity contribution in [3.63, 3.8) is 0 Å². The van der Waals surface area contributed by atoms with Crippen molar-refractivity contribution in [2.24, 2.45) is 0 Å². The Kier molecular flexibility index (Phi) is 5.25. The number of anilines is 1. The van der Waals surface area contributed by atoms with Crippen molar-refractivity contribution >= 4 is 40.4 Å².